The average Bonchev–Trinajstić information content (AvgIpc) is 2.99. The molecular formula is C16H20N3O10P2+. The summed E-state index contributed by atoms with van der Waals surface area (Å²) in [6.45, 7) is -0.566. The van der Waals surface area contributed by atoms with Crippen molar-refractivity contribution >= 4 is 21.7 Å². The molecule has 13 nitrogen and oxygen atoms in total. The average molecular weight is 476 g/mol. The fourth-order valence-electron chi connectivity index (χ4n) is 2.90. The Hall–Kier alpha value is -2.05. The van der Waals surface area contributed by atoms with E-state index in [0.29, 0.717) is 0 Å². The summed E-state index contributed by atoms with van der Waals surface area (Å²) in [5.41, 5.74) is 4.68. The Balaban J connectivity index is 1.64. The predicted octanol–water partition coefficient (Wildman–Crippen LogP) is 0.0118. The molecule has 2 aromatic rings. The van der Waals surface area contributed by atoms with Crippen LogP contribution < -0.4 is 11.4 Å². The maximum atomic E-state index is 12.1. The van der Waals surface area contributed by atoms with Gasteiger partial charge in [0.1, 0.15) is 30.7 Å². The van der Waals surface area contributed by atoms with Crippen LogP contribution in [0.4, 0.5) is 5.82 Å². The van der Waals surface area contributed by atoms with Gasteiger partial charge in [0.15, 0.2) is 6.23 Å². The number of nitrogens with zero attached hydrogens (tertiary/aromatic N) is 2. The molecule has 0 radical (unpaired) electrons. The Bertz CT molecular complexity index is 1030. The van der Waals surface area contributed by atoms with Crippen molar-refractivity contribution in [1.82, 2.24) is 9.55 Å². The van der Waals surface area contributed by atoms with Crippen molar-refractivity contribution in [3.8, 4) is 0 Å². The van der Waals surface area contributed by atoms with E-state index in [2.05, 4.69) is 4.98 Å². The number of hydrogen-bond donors (Lipinski definition) is 5. The molecule has 0 amide bonds. The maximum Gasteiger partial charge on any atom is 0.698 e. The van der Waals surface area contributed by atoms with Crippen molar-refractivity contribution in [3.05, 3.63) is 58.6 Å². The molecule has 168 valence electrons. The summed E-state index contributed by atoms with van der Waals surface area (Å²) in [7, 11) is -7.89. The Morgan fingerprint density at radius 3 is 2.52 bits per heavy atom. The van der Waals surface area contributed by atoms with Crippen molar-refractivity contribution in [3.63, 3.8) is 0 Å². The quantitative estimate of drug-likeness (QED) is 0.320. The molecule has 6 atom stereocenters. The van der Waals surface area contributed by atoms with Crippen LogP contribution in [-0.2, 0) is 22.9 Å². The Morgan fingerprint density at radius 2 is 1.90 bits per heavy atom. The minimum Gasteiger partial charge on any atom is -0.387 e. The highest BCUT2D eigenvalue weighted by Crippen LogP contribution is 2.56. The molecule has 1 fully saturated rings. The SMILES string of the molecule is Nc1ccn([C@@H]2O[C@H](CO[P+](=O)O[C@H](c3ccccc3)P(=O)(O)O)[C@@H](O)[C@H]2O)c(=O)n1. The largest absolute Gasteiger partial charge is 0.698 e. The third kappa shape index (κ3) is 5.60. The zero-order valence-corrected chi connectivity index (χ0v) is 17.5. The van der Waals surface area contributed by atoms with E-state index in [1.807, 2.05) is 0 Å². The Kier molecular flexibility index (Phi) is 7.32. The lowest BCUT2D eigenvalue weighted by Crippen LogP contribution is -2.36. The fraction of sp³-hybridized carbons (Fsp3) is 0.375. The lowest BCUT2D eigenvalue weighted by atomic mass is 10.1. The van der Waals surface area contributed by atoms with Crippen LogP contribution in [0.25, 0.3) is 0 Å². The molecule has 0 aliphatic carbocycles. The van der Waals surface area contributed by atoms with E-state index in [-0.39, 0.29) is 11.4 Å². The topological polar surface area (TPSA) is 204 Å². The zero-order chi connectivity index (χ0) is 22.8. The molecule has 1 aliphatic rings. The summed E-state index contributed by atoms with van der Waals surface area (Å²) in [6.07, 6.45) is -4.37. The van der Waals surface area contributed by atoms with Crippen molar-refractivity contribution in [1.29, 1.82) is 0 Å². The Morgan fingerprint density at radius 1 is 1.23 bits per heavy atom. The van der Waals surface area contributed by atoms with E-state index in [4.69, 9.17) is 19.5 Å². The van der Waals surface area contributed by atoms with E-state index < -0.39 is 58.5 Å². The van der Waals surface area contributed by atoms with Crippen LogP contribution in [0.1, 0.15) is 17.6 Å². The molecule has 1 aromatic carbocycles. The van der Waals surface area contributed by atoms with Crippen LogP contribution in [0.2, 0.25) is 0 Å². The van der Waals surface area contributed by atoms with Gasteiger partial charge in [0.2, 0.25) is 5.85 Å². The van der Waals surface area contributed by atoms with Crippen molar-refractivity contribution in [2.24, 2.45) is 0 Å². The molecule has 0 spiro atoms. The first-order valence-electron chi connectivity index (χ1n) is 8.81. The monoisotopic (exact) mass is 476 g/mol. The number of aliphatic hydroxyl groups is 2. The van der Waals surface area contributed by atoms with Crippen LogP contribution in [0.5, 0.6) is 0 Å². The number of hydrogen-bond acceptors (Lipinski definition) is 10. The van der Waals surface area contributed by atoms with Gasteiger partial charge in [0.25, 0.3) is 0 Å². The molecule has 2 heterocycles. The summed E-state index contributed by atoms with van der Waals surface area (Å²) in [5, 5.41) is 20.3. The molecule has 6 N–H and O–H groups in total. The van der Waals surface area contributed by atoms with E-state index in [9.17, 15) is 33.9 Å². The number of aromatic nitrogens is 2. The third-order valence-corrected chi connectivity index (χ3v) is 6.31. The number of nitrogen functional groups attached to an aromatic ring is 1. The first kappa shape index (κ1) is 23.6. The third-order valence-electron chi connectivity index (χ3n) is 4.38. The minimum absolute atomic E-state index is 0.0404. The lowest BCUT2D eigenvalue weighted by Gasteiger charge is -2.16. The van der Waals surface area contributed by atoms with Gasteiger partial charge in [-0.05, 0) is 11.6 Å². The molecule has 0 bridgehead atoms. The molecular weight excluding hydrogens is 456 g/mol. The van der Waals surface area contributed by atoms with Gasteiger partial charge in [-0.25, -0.2) is 4.79 Å². The highest BCUT2D eigenvalue weighted by molar-refractivity contribution is 7.52. The van der Waals surface area contributed by atoms with Gasteiger partial charge in [-0.2, -0.15) is 4.98 Å². The van der Waals surface area contributed by atoms with Gasteiger partial charge in [-0.15, -0.1) is 4.52 Å². The number of aliphatic hydroxyl groups excluding tert-OH is 2. The van der Waals surface area contributed by atoms with E-state index in [0.717, 1.165) is 4.57 Å². The van der Waals surface area contributed by atoms with Gasteiger partial charge in [-0.1, -0.05) is 34.9 Å². The highest BCUT2D eigenvalue weighted by atomic mass is 31.2. The van der Waals surface area contributed by atoms with Crippen LogP contribution in [0.15, 0.2) is 47.4 Å². The standard InChI is InChI=1S/C16H19N3O10P2/c17-11-6-7-19(16(22)18-11)14-13(21)12(20)10(28-14)8-27-30(23)29-15(31(24,25)26)9-4-2-1-3-5-9/h1-7,10,12-15,20-21H,8H2,(H3-,17,18,22,24,25,26)/p+1/t10-,12-,13-,14-,15+/m1/s1. The second-order valence-corrected chi connectivity index (χ2v) is 9.13. The first-order chi connectivity index (χ1) is 14.6. The molecule has 1 aliphatic heterocycles. The predicted molar refractivity (Wildman–Crippen MR) is 105 cm³/mol. The molecule has 1 unspecified atom stereocenters. The molecule has 1 saturated heterocycles. The van der Waals surface area contributed by atoms with Crippen molar-refractivity contribution in [2.75, 3.05) is 12.3 Å². The zero-order valence-electron chi connectivity index (χ0n) is 15.7. The van der Waals surface area contributed by atoms with Crippen LogP contribution in [0, 0.1) is 0 Å². The second-order valence-electron chi connectivity index (χ2n) is 6.57. The molecule has 15 heteroatoms. The second kappa shape index (κ2) is 9.61. The number of rotatable bonds is 8. The minimum atomic E-state index is -4.84. The van der Waals surface area contributed by atoms with Gasteiger partial charge in [0, 0.05) is 10.8 Å². The number of ether oxygens (including phenoxy) is 1. The first-order valence-corrected chi connectivity index (χ1v) is 11.6. The lowest BCUT2D eigenvalue weighted by molar-refractivity contribution is -0.0523. The van der Waals surface area contributed by atoms with Crippen molar-refractivity contribution < 1.29 is 42.9 Å². The van der Waals surface area contributed by atoms with E-state index in [1.165, 1.54) is 36.5 Å². The summed E-state index contributed by atoms with van der Waals surface area (Å²) in [5.74, 6) is -1.87. The normalized spacial score (nSPS) is 25.4. The molecule has 1 aromatic heterocycles. The number of nitrogens with two attached hydrogens (primary N) is 1. The van der Waals surface area contributed by atoms with Crippen LogP contribution in [-0.4, -0.2) is 54.5 Å². The van der Waals surface area contributed by atoms with Crippen LogP contribution in [0.3, 0.4) is 0 Å². The van der Waals surface area contributed by atoms with E-state index >= 15 is 0 Å². The number of benzene rings is 1. The molecule has 0 saturated carbocycles. The number of anilines is 1. The molecule has 31 heavy (non-hydrogen) atoms. The summed E-state index contributed by atoms with van der Waals surface area (Å²) < 4.78 is 40.1. The smallest absolute Gasteiger partial charge is 0.387 e. The van der Waals surface area contributed by atoms with Gasteiger partial charge in [0.05, 0.1) is 0 Å². The van der Waals surface area contributed by atoms with Gasteiger partial charge in [-0.3, -0.25) is 9.13 Å². The fourth-order valence-corrected chi connectivity index (χ4v) is 4.79. The summed E-state index contributed by atoms with van der Waals surface area (Å²) >= 11 is 0. The highest BCUT2D eigenvalue weighted by Gasteiger charge is 2.47. The van der Waals surface area contributed by atoms with E-state index in [1.54, 1.807) is 6.07 Å². The van der Waals surface area contributed by atoms with Gasteiger partial charge >= 0.3 is 21.5 Å². The van der Waals surface area contributed by atoms with Crippen molar-refractivity contribution in [2.45, 2.75) is 30.4 Å². The van der Waals surface area contributed by atoms with Gasteiger partial charge < -0.3 is 30.5 Å². The summed E-state index contributed by atoms with van der Waals surface area (Å²) in [4.78, 5) is 34.4. The maximum absolute atomic E-state index is 12.1. The summed E-state index contributed by atoms with van der Waals surface area (Å²) in [6, 6.07) is 8.73. The van der Waals surface area contributed by atoms with Crippen LogP contribution >= 0.6 is 15.9 Å². The Labute approximate surface area is 176 Å². The molecule has 3 rings (SSSR count).